The van der Waals surface area contributed by atoms with E-state index in [4.69, 9.17) is 23.7 Å². The van der Waals surface area contributed by atoms with E-state index in [-0.39, 0.29) is 21.9 Å². The maximum atomic E-state index is 12.2. The molecule has 5 N–H and O–H groups in total. The normalized spacial score (nSPS) is 11.0. The average molecular weight is 397 g/mol. The molecule has 0 aliphatic heterocycles. The molecule has 1 aromatic heterocycles. The maximum absolute atomic E-state index is 12.2. The van der Waals surface area contributed by atoms with Gasteiger partial charge in [-0.05, 0) is 6.42 Å². The summed E-state index contributed by atoms with van der Waals surface area (Å²) < 4.78 is 1.25. The summed E-state index contributed by atoms with van der Waals surface area (Å²) in [4.78, 5) is 23.5. The Labute approximate surface area is 168 Å². The van der Waals surface area contributed by atoms with Crippen LogP contribution in [0.2, 0.25) is 0 Å². The summed E-state index contributed by atoms with van der Waals surface area (Å²) in [6.45, 7) is 2.25. The van der Waals surface area contributed by atoms with E-state index in [9.17, 15) is 9.59 Å². The number of nitrogens with one attached hydrogen (secondary N) is 1. The van der Waals surface area contributed by atoms with E-state index >= 15 is 0 Å². The molecule has 1 rings (SSSR count). The predicted molar refractivity (Wildman–Crippen MR) is 113 cm³/mol. The number of carbonyl (C=O) groups excluding carboxylic acids is 2. The number of aromatic amines is 1. The van der Waals surface area contributed by atoms with Crippen LogP contribution in [0.15, 0.2) is 0 Å². The van der Waals surface area contributed by atoms with Gasteiger partial charge in [-0.2, -0.15) is 0 Å². The molecule has 0 saturated carbocycles. The van der Waals surface area contributed by atoms with Crippen LogP contribution in [0, 0.1) is 4.64 Å². The van der Waals surface area contributed by atoms with Crippen LogP contribution < -0.4 is 11.5 Å². The van der Waals surface area contributed by atoms with E-state index in [1.807, 2.05) is 0 Å². The molecule has 0 aliphatic rings. The Morgan fingerprint density at radius 3 is 1.74 bits per heavy atom. The highest BCUT2D eigenvalue weighted by Crippen LogP contribution is 2.16. The quantitative estimate of drug-likeness (QED) is 0.274. The molecule has 0 spiro atoms. The number of H-pyrrole nitrogens is 1. The van der Waals surface area contributed by atoms with Crippen LogP contribution in [0.1, 0.15) is 112 Å². The molecule has 0 fully saturated rings. The summed E-state index contributed by atoms with van der Waals surface area (Å²) in [7, 11) is 0. The van der Waals surface area contributed by atoms with Crippen LogP contribution in [-0.2, 0) is 0 Å². The molecule has 1 amide bonds. The van der Waals surface area contributed by atoms with Crippen molar-refractivity contribution < 1.29 is 9.59 Å². The maximum Gasteiger partial charge on any atom is 0.255 e. The van der Waals surface area contributed by atoms with Crippen molar-refractivity contribution in [3.05, 3.63) is 10.2 Å². The number of carbonyl (C=O) groups is 2. The van der Waals surface area contributed by atoms with Gasteiger partial charge in [-0.3, -0.25) is 14.7 Å². The van der Waals surface area contributed by atoms with Crippen molar-refractivity contribution >= 4 is 29.9 Å². The molecule has 154 valence electrons. The van der Waals surface area contributed by atoms with Crippen molar-refractivity contribution in [1.29, 1.82) is 0 Å². The molecule has 0 saturated heterocycles. The Balaban J connectivity index is 2.07. The van der Waals surface area contributed by atoms with Crippen molar-refractivity contribution in [3.8, 4) is 0 Å². The molecule has 0 aromatic carbocycles. The number of aromatic nitrogens is 2. The second-order valence-electron chi connectivity index (χ2n) is 7.29. The second kappa shape index (κ2) is 13.5. The third kappa shape index (κ3) is 8.73. The molecule has 0 aliphatic carbocycles. The molecule has 0 unspecified atom stereocenters. The number of rotatable bonds is 15. The topological polar surface area (TPSA) is 107 Å². The number of amides is 1. The zero-order chi connectivity index (χ0) is 20.1. The number of anilines is 1. The first-order chi connectivity index (χ1) is 13.0. The molecule has 27 heavy (non-hydrogen) atoms. The first-order valence-corrected chi connectivity index (χ1v) is 10.8. The second-order valence-corrected chi connectivity index (χ2v) is 7.70. The minimum Gasteiger partial charge on any atom is -0.383 e. The van der Waals surface area contributed by atoms with Gasteiger partial charge < -0.3 is 11.5 Å². The summed E-state index contributed by atoms with van der Waals surface area (Å²) in [6.07, 6.45) is 16.7. The largest absolute Gasteiger partial charge is 0.383 e. The summed E-state index contributed by atoms with van der Waals surface area (Å²) in [5, 5.41) is 2.65. The molecular weight excluding hydrogens is 360 g/mol. The first-order valence-electron chi connectivity index (χ1n) is 10.4. The molecule has 1 aromatic rings. The van der Waals surface area contributed by atoms with Gasteiger partial charge in [0.25, 0.3) is 5.91 Å². The number of nitrogen functional groups attached to an aromatic ring is 1. The fourth-order valence-electron chi connectivity index (χ4n) is 3.29. The predicted octanol–water partition coefficient (Wildman–Crippen LogP) is 5.35. The molecule has 0 atom stereocenters. The van der Waals surface area contributed by atoms with E-state index in [1.165, 1.54) is 64.2 Å². The van der Waals surface area contributed by atoms with Crippen molar-refractivity contribution in [2.75, 3.05) is 5.73 Å². The Bertz CT molecular complexity index is 636. The third-order valence-electron chi connectivity index (χ3n) is 4.93. The zero-order valence-corrected chi connectivity index (χ0v) is 17.5. The van der Waals surface area contributed by atoms with Gasteiger partial charge in [-0.15, -0.1) is 0 Å². The molecule has 0 bridgehead atoms. The van der Waals surface area contributed by atoms with E-state index in [0.29, 0.717) is 6.42 Å². The van der Waals surface area contributed by atoms with Crippen LogP contribution >= 0.6 is 12.2 Å². The van der Waals surface area contributed by atoms with Crippen molar-refractivity contribution in [3.63, 3.8) is 0 Å². The molecular formula is C20H36N4O2S. The van der Waals surface area contributed by atoms with Gasteiger partial charge in [0.1, 0.15) is 16.0 Å². The van der Waals surface area contributed by atoms with E-state index in [1.54, 1.807) is 0 Å². The monoisotopic (exact) mass is 396 g/mol. The van der Waals surface area contributed by atoms with Gasteiger partial charge in [-0.1, -0.05) is 96.2 Å². The molecule has 0 radical (unpaired) electrons. The van der Waals surface area contributed by atoms with E-state index in [0.717, 1.165) is 23.9 Å². The Morgan fingerprint density at radius 2 is 1.33 bits per heavy atom. The summed E-state index contributed by atoms with van der Waals surface area (Å²) in [6, 6.07) is 0. The fourth-order valence-corrected chi connectivity index (χ4v) is 3.58. The molecule has 7 heteroatoms. The number of nitrogens with two attached hydrogens (primary N) is 2. The number of unbranched alkanes of at least 4 members (excludes halogenated alkanes) is 12. The number of hydrogen-bond donors (Lipinski definition) is 3. The van der Waals surface area contributed by atoms with Crippen molar-refractivity contribution in [2.45, 2.75) is 96.8 Å². The lowest BCUT2D eigenvalue weighted by Gasteiger charge is -2.05. The lowest BCUT2D eigenvalue weighted by Crippen LogP contribution is -2.17. The van der Waals surface area contributed by atoms with Gasteiger partial charge >= 0.3 is 0 Å². The summed E-state index contributed by atoms with van der Waals surface area (Å²) in [5.74, 6) is -0.900. The first kappa shape index (κ1) is 23.4. The Kier molecular flexibility index (Phi) is 11.7. The van der Waals surface area contributed by atoms with Crippen molar-refractivity contribution in [2.24, 2.45) is 5.73 Å². The minimum absolute atomic E-state index is 0.00666. The van der Waals surface area contributed by atoms with Gasteiger partial charge in [0.05, 0.1) is 0 Å². The Morgan fingerprint density at radius 1 is 0.889 bits per heavy atom. The number of nitrogens with zero attached hydrogens (tertiary/aromatic N) is 1. The minimum atomic E-state index is -0.721. The van der Waals surface area contributed by atoms with Gasteiger partial charge in [0, 0.05) is 6.42 Å². The smallest absolute Gasteiger partial charge is 0.255 e. The lowest BCUT2D eigenvalue weighted by atomic mass is 10.0. The molecule has 6 nitrogen and oxygen atoms in total. The third-order valence-corrected chi connectivity index (χ3v) is 5.22. The van der Waals surface area contributed by atoms with Crippen LogP contribution in [0.3, 0.4) is 0 Å². The standard InChI is InChI=1S/C20H36N4O2S/c1-2-3-4-5-6-7-8-9-10-11-12-13-14-15-16(25)24-18(21)17(19(22)26)20(27)23-24/h2-15,21H2,1H3,(H2,22,26)(H,23,27). The van der Waals surface area contributed by atoms with Gasteiger partial charge in [-0.25, -0.2) is 4.68 Å². The highest BCUT2D eigenvalue weighted by atomic mass is 32.1. The molecule has 1 heterocycles. The van der Waals surface area contributed by atoms with Crippen molar-refractivity contribution in [1.82, 2.24) is 9.78 Å². The van der Waals surface area contributed by atoms with Crippen LogP contribution in [0.4, 0.5) is 5.82 Å². The van der Waals surface area contributed by atoms with Crippen LogP contribution in [0.5, 0.6) is 0 Å². The number of primary amides is 1. The summed E-state index contributed by atoms with van der Waals surface area (Å²) in [5.41, 5.74) is 11.0. The van der Waals surface area contributed by atoms with Crippen LogP contribution in [-0.4, -0.2) is 21.6 Å². The summed E-state index contributed by atoms with van der Waals surface area (Å²) >= 11 is 4.99. The average Bonchev–Trinajstić information content (AvgIpc) is 2.93. The Hall–Kier alpha value is -1.63. The highest BCUT2D eigenvalue weighted by molar-refractivity contribution is 7.71. The SMILES string of the molecule is CCCCCCCCCCCCCCCC(=O)n1[nH]c(=S)c(C(N)=O)c1N. The van der Waals surface area contributed by atoms with Crippen LogP contribution in [0.25, 0.3) is 0 Å². The fraction of sp³-hybridized carbons (Fsp3) is 0.750. The number of hydrogen-bond acceptors (Lipinski definition) is 4. The lowest BCUT2D eigenvalue weighted by molar-refractivity contribution is 0.0886. The van der Waals surface area contributed by atoms with E-state index < -0.39 is 5.91 Å². The van der Waals surface area contributed by atoms with E-state index in [2.05, 4.69) is 12.0 Å². The van der Waals surface area contributed by atoms with Gasteiger partial charge in [0.2, 0.25) is 5.91 Å². The highest BCUT2D eigenvalue weighted by Gasteiger charge is 2.18. The van der Waals surface area contributed by atoms with Gasteiger partial charge in [0.15, 0.2) is 0 Å². The zero-order valence-electron chi connectivity index (χ0n) is 16.7.